The number of hydrogen-bond donors (Lipinski definition) is 1. The van der Waals surface area contributed by atoms with Crippen LogP contribution in [0.5, 0.6) is 0 Å². The van der Waals surface area contributed by atoms with Crippen molar-refractivity contribution in [2.75, 3.05) is 7.11 Å². The Balaban J connectivity index is 3.04. The first kappa shape index (κ1) is 27.0. The first-order valence-electron chi connectivity index (χ1n) is 9.84. The molecule has 0 aliphatic carbocycles. The highest BCUT2D eigenvalue weighted by molar-refractivity contribution is 7.89. The normalized spacial score (nSPS) is 13.5. The Labute approximate surface area is 184 Å². The number of ether oxygens (including phenoxy) is 2. The number of carbonyl (C=O) groups is 2. The van der Waals surface area contributed by atoms with Gasteiger partial charge in [0.1, 0.15) is 23.9 Å². The van der Waals surface area contributed by atoms with Crippen molar-refractivity contribution >= 4 is 22.0 Å². The molecule has 1 aromatic carbocycles. The second-order valence-corrected chi connectivity index (χ2v) is 10.6. The lowest BCUT2D eigenvalue weighted by molar-refractivity contribution is -0.282. The predicted molar refractivity (Wildman–Crippen MR) is 113 cm³/mol. The summed E-state index contributed by atoms with van der Waals surface area (Å²) >= 11 is 0. The Bertz CT molecular complexity index is 853. The molecular weight excluding hydrogens is 426 g/mol. The summed E-state index contributed by atoms with van der Waals surface area (Å²) in [4.78, 5) is 34.0. The molecule has 1 N–H and O–H groups in total. The van der Waals surface area contributed by atoms with Crippen molar-refractivity contribution in [2.45, 2.75) is 83.1 Å². The van der Waals surface area contributed by atoms with Crippen molar-refractivity contribution in [1.82, 2.24) is 4.72 Å². The minimum absolute atomic E-state index is 0.0496. The van der Waals surface area contributed by atoms with Gasteiger partial charge in [-0.25, -0.2) is 18.2 Å². The fraction of sp³-hybridized carbons (Fsp3) is 0.619. The molecule has 10 heteroatoms. The van der Waals surface area contributed by atoms with E-state index in [0.717, 1.165) is 0 Å². The zero-order valence-corrected chi connectivity index (χ0v) is 20.0. The van der Waals surface area contributed by atoms with Crippen LogP contribution in [-0.2, 0) is 45.5 Å². The number of esters is 2. The molecule has 0 spiro atoms. The summed E-state index contributed by atoms with van der Waals surface area (Å²) in [5.41, 5.74) is -0.959. The highest BCUT2D eigenvalue weighted by atomic mass is 32.2. The average molecular weight is 460 g/mol. The molecule has 0 fully saturated rings. The molecule has 0 heterocycles. The van der Waals surface area contributed by atoms with Gasteiger partial charge in [0.2, 0.25) is 10.0 Å². The minimum atomic E-state index is -4.09. The first-order valence-corrected chi connectivity index (χ1v) is 11.3. The van der Waals surface area contributed by atoms with Gasteiger partial charge in [-0.05, 0) is 65.7 Å². The lowest BCUT2D eigenvalue weighted by atomic mass is 10.1. The molecule has 1 rings (SSSR count). The van der Waals surface area contributed by atoms with E-state index in [-0.39, 0.29) is 24.3 Å². The Hall–Kier alpha value is -2.01. The first-order chi connectivity index (χ1) is 14.1. The Morgan fingerprint density at radius 1 is 1.03 bits per heavy atom. The Kier molecular flexibility index (Phi) is 9.62. The summed E-state index contributed by atoms with van der Waals surface area (Å²) in [5.74, 6) is -1.32. The van der Waals surface area contributed by atoms with E-state index in [1.54, 1.807) is 53.7 Å². The van der Waals surface area contributed by atoms with E-state index in [0.29, 0.717) is 5.56 Å². The third kappa shape index (κ3) is 10.7. The summed E-state index contributed by atoms with van der Waals surface area (Å²) in [6, 6.07) is 4.74. The third-order valence-electron chi connectivity index (χ3n) is 3.60. The van der Waals surface area contributed by atoms with Gasteiger partial charge in [-0.2, -0.15) is 4.72 Å². The number of hydrogen-bond acceptors (Lipinski definition) is 8. The molecule has 0 aliphatic heterocycles. The van der Waals surface area contributed by atoms with E-state index in [1.807, 2.05) is 0 Å². The average Bonchev–Trinajstić information content (AvgIpc) is 2.60. The molecule has 176 valence electrons. The molecule has 0 radical (unpaired) electrons. The monoisotopic (exact) mass is 459 g/mol. The highest BCUT2D eigenvalue weighted by Gasteiger charge is 2.31. The molecule has 0 bridgehead atoms. The largest absolute Gasteiger partial charge is 0.460 e. The summed E-state index contributed by atoms with van der Waals surface area (Å²) in [5, 5.41) is 0. The maximum Gasteiger partial charge on any atom is 0.324 e. The molecule has 31 heavy (non-hydrogen) atoms. The summed E-state index contributed by atoms with van der Waals surface area (Å²) in [6.07, 6.45) is -0.277. The van der Waals surface area contributed by atoms with Gasteiger partial charge >= 0.3 is 11.9 Å². The minimum Gasteiger partial charge on any atom is -0.460 e. The van der Waals surface area contributed by atoms with Crippen molar-refractivity contribution in [1.29, 1.82) is 0 Å². The smallest absolute Gasteiger partial charge is 0.324 e. The third-order valence-corrected chi connectivity index (χ3v) is 5.07. The van der Waals surface area contributed by atoms with Crippen LogP contribution in [0.4, 0.5) is 0 Å². The SMILES string of the molecule is COOCc1cccc(S(=O)(=O)N[C@@H](CCC(=O)OC(C)(C)C)C(=O)OC(C)(C)C)c1. The molecule has 0 saturated heterocycles. The number of rotatable bonds is 10. The Morgan fingerprint density at radius 3 is 2.19 bits per heavy atom. The van der Waals surface area contributed by atoms with Gasteiger partial charge in [-0.15, -0.1) is 0 Å². The molecule has 0 aliphatic rings. The van der Waals surface area contributed by atoms with Gasteiger partial charge < -0.3 is 9.47 Å². The van der Waals surface area contributed by atoms with Crippen LogP contribution in [0, 0.1) is 0 Å². The summed E-state index contributed by atoms with van der Waals surface area (Å²) < 4.78 is 38.7. The summed E-state index contributed by atoms with van der Waals surface area (Å²) in [6.45, 7) is 10.2. The Morgan fingerprint density at radius 2 is 1.65 bits per heavy atom. The van der Waals surface area contributed by atoms with Crippen molar-refractivity contribution in [3.05, 3.63) is 29.8 Å². The topological polar surface area (TPSA) is 117 Å². The van der Waals surface area contributed by atoms with Gasteiger partial charge in [0.25, 0.3) is 0 Å². The highest BCUT2D eigenvalue weighted by Crippen LogP contribution is 2.17. The van der Waals surface area contributed by atoms with Crippen molar-refractivity contribution in [3.8, 4) is 0 Å². The van der Waals surface area contributed by atoms with Crippen LogP contribution in [0.15, 0.2) is 29.2 Å². The van der Waals surface area contributed by atoms with Crippen LogP contribution in [0.2, 0.25) is 0 Å². The van der Waals surface area contributed by atoms with Gasteiger partial charge in [0.05, 0.1) is 12.0 Å². The van der Waals surface area contributed by atoms with Gasteiger partial charge in [0, 0.05) is 6.42 Å². The fourth-order valence-electron chi connectivity index (χ4n) is 2.44. The molecule has 0 aromatic heterocycles. The number of nitrogens with one attached hydrogen (secondary N) is 1. The van der Waals surface area contributed by atoms with Crippen LogP contribution < -0.4 is 4.72 Å². The van der Waals surface area contributed by atoms with Crippen LogP contribution in [0.25, 0.3) is 0 Å². The number of sulfonamides is 1. The molecule has 1 atom stereocenters. The molecule has 1 aromatic rings. The van der Waals surface area contributed by atoms with Gasteiger partial charge in [-0.1, -0.05) is 12.1 Å². The number of carbonyl (C=O) groups excluding carboxylic acids is 2. The van der Waals surface area contributed by atoms with E-state index in [9.17, 15) is 18.0 Å². The predicted octanol–water partition coefficient (Wildman–Crippen LogP) is 2.88. The maximum absolute atomic E-state index is 12.9. The van der Waals surface area contributed by atoms with Crippen LogP contribution in [0.3, 0.4) is 0 Å². The second kappa shape index (κ2) is 11.0. The zero-order valence-electron chi connectivity index (χ0n) is 19.2. The lowest BCUT2D eigenvalue weighted by Gasteiger charge is -2.25. The van der Waals surface area contributed by atoms with Crippen molar-refractivity contribution in [2.24, 2.45) is 0 Å². The molecular formula is C21H33NO8S. The van der Waals surface area contributed by atoms with E-state index in [1.165, 1.54) is 19.2 Å². The van der Waals surface area contributed by atoms with Crippen LogP contribution in [0.1, 0.15) is 59.9 Å². The van der Waals surface area contributed by atoms with E-state index in [4.69, 9.17) is 14.4 Å². The quantitative estimate of drug-likeness (QED) is 0.322. The molecule has 0 amide bonds. The van der Waals surface area contributed by atoms with E-state index in [2.05, 4.69) is 9.61 Å². The standard InChI is InChI=1S/C21H33NO8S/c1-20(2,3)29-18(23)12-11-17(19(24)30-21(4,5)6)22-31(25,26)16-10-8-9-15(13-16)14-28-27-7/h8-10,13,17,22H,11-12,14H2,1-7H3/t17-/m0/s1. The molecule has 0 unspecified atom stereocenters. The van der Waals surface area contributed by atoms with Crippen LogP contribution in [-0.4, -0.2) is 44.7 Å². The second-order valence-electron chi connectivity index (χ2n) is 8.91. The van der Waals surface area contributed by atoms with Crippen molar-refractivity contribution < 1.29 is 37.3 Å². The van der Waals surface area contributed by atoms with E-state index >= 15 is 0 Å². The fourth-order valence-corrected chi connectivity index (χ4v) is 3.73. The van der Waals surface area contributed by atoms with Crippen LogP contribution >= 0.6 is 0 Å². The summed E-state index contributed by atoms with van der Waals surface area (Å²) in [7, 11) is -2.74. The lowest BCUT2D eigenvalue weighted by Crippen LogP contribution is -2.44. The maximum atomic E-state index is 12.9. The number of benzene rings is 1. The van der Waals surface area contributed by atoms with Gasteiger partial charge in [-0.3, -0.25) is 9.59 Å². The van der Waals surface area contributed by atoms with Crippen molar-refractivity contribution in [3.63, 3.8) is 0 Å². The zero-order chi connectivity index (χ0) is 23.9. The molecule has 0 saturated carbocycles. The van der Waals surface area contributed by atoms with E-state index < -0.39 is 39.2 Å². The van der Waals surface area contributed by atoms with Gasteiger partial charge in [0.15, 0.2) is 0 Å². The molecule has 9 nitrogen and oxygen atoms in total.